The molecule has 0 aliphatic carbocycles. The van der Waals surface area contributed by atoms with Gasteiger partial charge in [-0.05, 0) is 37.0 Å². The molecule has 0 aromatic heterocycles. The Hall–Kier alpha value is -1.06. The van der Waals surface area contributed by atoms with Gasteiger partial charge in [0.1, 0.15) is 5.92 Å². The largest absolute Gasteiger partial charge is 0.481 e. The molecule has 1 aromatic carbocycles. The Morgan fingerprint density at radius 3 is 2.88 bits per heavy atom. The number of ether oxygens (including phenoxy) is 1. The Balaban J connectivity index is 2.25. The van der Waals surface area contributed by atoms with Gasteiger partial charge in [0.05, 0.1) is 6.10 Å². The number of benzene rings is 1. The molecule has 1 N–H and O–H groups in total. The van der Waals surface area contributed by atoms with Crippen molar-refractivity contribution in [3.8, 4) is 0 Å². The van der Waals surface area contributed by atoms with Gasteiger partial charge in [0, 0.05) is 11.6 Å². The summed E-state index contributed by atoms with van der Waals surface area (Å²) in [5.74, 6) is -1.46. The lowest BCUT2D eigenvalue weighted by atomic mass is 9.89. The zero-order chi connectivity index (χ0) is 12.3. The lowest BCUT2D eigenvalue weighted by Crippen LogP contribution is -2.31. The van der Waals surface area contributed by atoms with Crippen molar-refractivity contribution in [2.24, 2.45) is 0 Å². The molecule has 2 atom stereocenters. The number of aliphatic carboxylic acids is 1. The minimum Gasteiger partial charge on any atom is -0.481 e. The van der Waals surface area contributed by atoms with E-state index in [0.29, 0.717) is 11.6 Å². The highest BCUT2D eigenvalue weighted by atomic mass is 35.5. The number of hydrogen-bond acceptors (Lipinski definition) is 2. The maximum absolute atomic E-state index is 11.4. The van der Waals surface area contributed by atoms with E-state index in [2.05, 4.69) is 0 Å². The minimum atomic E-state index is -0.848. The van der Waals surface area contributed by atoms with Gasteiger partial charge in [-0.3, -0.25) is 4.79 Å². The quantitative estimate of drug-likeness (QED) is 0.902. The van der Waals surface area contributed by atoms with Crippen molar-refractivity contribution in [1.29, 1.82) is 0 Å². The van der Waals surface area contributed by atoms with Crippen LogP contribution in [0.5, 0.6) is 0 Å². The predicted octanol–water partition coefficient (Wildman–Crippen LogP) is 3.08. The Bertz CT molecular complexity index is 399. The summed E-state index contributed by atoms with van der Waals surface area (Å²) in [4.78, 5) is 11.4. The second-order valence-corrected chi connectivity index (χ2v) is 4.71. The van der Waals surface area contributed by atoms with Crippen molar-refractivity contribution >= 4 is 17.6 Å². The van der Waals surface area contributed by atoms with Crippen LogP contribution in [-0.4, -0.2) is 23.8 Å². The molecule has 3 nitrogen and oxygen atoms in total. The topological polar surface area (TPSA) is 46.5 Å². The molecule has 17 heavy (non-hydrogen) atoms. The van der Waals surface area contributed by atoms with E-state index in [-0.39, 0.29) is 6.10 Å². The fourth-order valence-electron chi connectivity index (χ4n) is 2.24. The summed E-state index contributed by atoms with van der Waals surface area (Å²) in [7, 11) is 0. The van der Waals surface area contributed by atoms with Gasteiger partial charge in [0.25, 0.3) is 0 Å². The second-order valence-electron chi connectivity index (χ2n) is 4.28. The summed E-state index contributed by atoms with van der Waals surface area (Å²) >= 11 is 5.90. The Morgan fingerprint density at radius 1 is 1.47 bits per heavy atom. The van der Waals surface area contributed by atoms with Crippen LogP contribution in [0.4, 0.5) is 0 Å². The normalized spacial score (nSPS) is 22.1. The summed E-state index contributed by atoms with van der Waals surface area (Å²) in [6.07, 6.45) is 2.59. The number of halogens is 1. The zero-order valence-electron chi connectivity index (χ0n) is 9.43. The molecule has 0 bridgehead atoms. The van der Waals surface area contributed by atoms with E-state index in [0.717, 1.165) is 24.8 Å². The molecule has 0 saturated carbocycles. The minimum absolute atomic E-state index is 0.236. The van der Waals surface area contributed by atoms with Crippen molar-refractivity contribution in [2.45, 2.75) is 31.3 Å². The maximum Gasteiger partial charge on any atom is 0.313 e. The average molecular weight is 255 g/mol. The molecule has 0 spiro atoms. The first kappa shape index (κ1) is 12.4. The Kier molecular flexibility index (Phi) is 4.02. The summed E-state index contributed by atoms with van der Waals surface area (Å²) in [6.45, 7) is 0.648. The third-order valence-corrected chi connectivity index (χ3v) is 3.30. The smallest absolute Gasteiger partial charge is 0.313 e. The number of carbonyl (C=O) groups is 1. The van der Waals surface area contributed by atoms with Gasteiger partial charge < -0.3 is 9.84 Å². The van der Waals surface area contributed by atoms with Crippen molar-refractivity contribution in [3.63, 3.8) is 0 Å². The van der Waals surface area contributed by atoms with Crippen LogP contribution >= 0.6 is 11.6 Å². The van der Waals surface area contributed by atoms with Gasteiger partial charge in [-0.1, -0.05) is 23.7 Å². The number of hydrogen-bond donors (Lipinski definition) is 1. The van der Waals surface area contributed by atoms with E-state index in [4.69, 9.17) is 16.3 Å². The Morgan fingerprint density at radius 2 is 2.29 bits per heavy atom. The molecule has 1 aliphatic rings. The first-order valence-corrected chi connectivity index (χ1v) is 6.16. The zero-order valence-corrected chi connectivity index (χ0v) is 10.2. The molecule has 2 rings (SSSR count). The second kappa shape index (κ2) is 5.52. The average Bonchev–Trinajstić information content (AvgIpc) is 2.30. The third kappa shape index (κ3) is 2.99. The van der Waals surface area contributed by atoms with Gasteiger partial charge in [-0.25, -0.2) is 0 Å². The fraction of sp³-hybridized carbons (Fsp3) is 0.462. The van der Waals surface area contributed by atoms with Crippen molar-refractivity contribution in [3.05, 3.63) is 34.9 Å². The molecule has 1 fully saturated rings. The van der Waals surface area contributed by atoms with Crippen LogP contribution in [0.3, 0.4) is 0 Å². The van der Waals surface area contributed by atoms with Crippen LogP contribution < -0.4 is 0 Å². The molecule has 0 radical (unpaired) electrons. The number of carboxylic acid groups (broad SMARTS) is 1. The molecular weight excluding hydrogens is 240 g/mol. The summed E-state index contributed by atoms with van der Waals surface area (Å²) in [5, 5.41) is 9.91. The fourth-order valence-corrected chi connectivity index (χ4v) is 2.44. The van der Waals surface area contributed by atoms with Crippen LogP contribution in [-0.2, 0) is 9.53 Å². The lowest BCUT2D eigenvalue weighted by Gasteiger charge is -2.28. The molecule has 0 amide bonds. The summed E-state index contributed by atoms with van der Waals surface area (Å²) in [5.41, 5.74) is 0.719. The van der Waals surface area contributed by atoms with Gasteiger partial charge in [-0.15, -0.1) is 0 Å². The van der Waals surface area contributed by atoms with Crippen LogP contribution in [0.25, 0.3) is 0 Å². The molecule has 4 heteroatoms. The first-order chi connectivity index (χ1) is 8.18. The van der Waals surface area contributed by atoms with Crippen molar-refractivity contribution in [1.82, 2.24) is 0 Å². The van der Waals surface area contributed by atoms with Gasteiger partial charge in [0.15, 0.2) is 0 Å². The van der Waals surface area contributed by atoms with Crippen molar-refractivity contribution in [2.75, 3.05) is 6.61 Å². The van der Waals surface area contributed by atoms with Crippen LogP contribution in [0.15, 0.2) is 24.3 Å². The number of rotatable bonds is 3. The summed E-state index contributed by atoms with van der Waals surface area (Å²) in [6, 6.07) is 7.02. The van der Waals surface area contributed by atoms with Gasteiger partial charge >= 0.3 is 5.97 Å². The SMILES string of the molecule is O=C(O)C(c1cccc(Cl)c1)C1CCCCO1. The van der Waals surface area contributed by atoms with E-state index in [9.17, 15) is 9.90 Å². The molecule has 1 saturated heterocycles. The van der Waals surface area contributed by atoms with E-state index in [1.165, 1.54) is 0 Å². The van der Waals surface area contributed by atoms with E-state index < -0.39 is 11.9 Å². The monoisotopic (exact) mass is 254 g/mol. The molecular formula is C13H15ClO3. The lowest BCUT2D eigenvalue weighted by molar-refractivity contribution is -0.144. The highest BCUT2D eigenvalue weighted by molar-refractivity contribution is 6.30. The van der Waals surface area contributed by atoms with Crippen LogP contribution in [0, 0.1) is 0 Å². The predicted molar refractivity (Wildman–Crippen MR) is 65.4 cm³/mol. The van der Waals surface area contributed by atoms with E-state index in [1.807, 2.05) is 0 Å². The standard InChI is InChI=1S/C13H15ClO3/c14-10-5-3-4-9(8-10)12(13(15)16)11-6-1-2-7-17-11/h3-5,8,11-12H,1-2,6-7H2,(H,15,16). The van der Waals surface area contributed by atoms with Crippen LogP contribution in [0.2, 0.25) is 5.02 Å². The van der Waals surface area contributed by atoms with E-state index >= 15 is 0 Å². The molecule has 1 aliphatic heterocycles. The third-order valence-electron chi connectivity index (χ3n) is 3.06. The maximum atomic E-state index is 11.4. The highest BCUT2D eigenvalue weighted by Crippen LogP contribution is 2.30. The summed E-state index contributed by atoms with van der Waals surface area (Å²) < 4.78 is 5.57. The van der Waals surface area contributed by atoms with E-state index in [1.54, 1.807) is 24.3 Å². The van der Waals surface area contributed by atoms with Gasteiger partial charge in [-0.2, -0.15) is 0 Å². The Labute approximate surface area is 105 Å². The number of carboxylic acids is 1. The van der Waals surface area contributed by atoms with Crippen LogP contribution in [0.1, 0.15) is 30.7 Å². The first-order valence-electron chi connectivity index (χ1n) is 5.78. The molecule has 1 heterocycles. The molecule has 2 unspecified atom stereocenters. The van der Waals surface area contributed by atoms with Gasteiger partial charge in [0.2, 0.25) is 0 Å². The molecule has 92 valence electrons. The highest BCUT2D eigenvalue weighted by Gasteiger charge is 2.31. The molecule has 1 aromatic rings. The van der Waals surface area contributed by atoms with Crippen molar-refractivity contribution < 1.29 is 14.6 Å².